The summed E-state index contributed by atoms with van der Waals surface area (Å²) in [5.74, 6) is 0.115. The second-order valence-electron chi connectivity index (χ2n) is 5.92. The quantitative estimate of drug-likeness (QED) is 0.804. The Balaban J connectivity index is 1.83. The van der Waals surface area contributed by atoms with Crippen molar-refractivity contribution in [1.29, 1.82) is 0 Å². The summed E-state index contributed by atoms with van der Waals surface area (Å²) in [5.41, 5.74) is 0. The van der Waals surface area contributed by atoms with Gasteiger partial charge < -0.3 is 15.3 Å². The summed E-state index contributed by atoms with van der Waals surface area (Å²) < 4.78 is 0. The van der Waals surface area contributed by atoms with E-state index in [1.165, 1.54) is 0 Å². The lowest BCUT2D eigenvalue weighted by atomic mass is 9.89. The van der Waals surface area contributed by atoms with E-state index in [4.69, 9.17) is 5.11 Å². The third-order valence-corrected chi connectivity index (χ3v) is 4.43. The van der Waals surface area contributed by atoms with Crippen molar-refractivity contribution in [2.75, 3.05) is 19.6 Å². The summed E-state index contributed by atoms with van der Waals surface area (Å²) in [5, 5.41) is 12.1. The summed E-state index contributed by atoms with van der Waals surface area (Å²) in [6, 6.07) is -0.0372. The Kier molecular flexibility index (Phi) is 4.80. The Morgan fingerprint density at radius 3 is 2.53 bits per heavy atom. The first kappa shape index (κ1) is 14.3. The molecule has 0 saturated carbocycles. The van der Waals surface area contributed by atoms with E-state index in [0.717, 1.165) is 32.2 Å². The van der Waals surface area contributed by atoms with Gasteiger partial charge in [-0.1, -0.05) is 6.92 Å². The van der Waals surface area contributed by atoms with Crippen LogP contribution in [0.5, 0.6) is 0 Å². The molecule has 19 heavy (non-hydrogen) atoms. The van der Waals surface area contributed by atoms with Gasteiger partial charge in [0.1, 0.15) is 0 Å². The number of carbonyl (C=O) groups is 2. The fourth-order valence-corrected chi connectivity index (χ4v) is 3.18. The number of hydrogen-bond acceptors (Lipinski definition) is 3. The first-order valence-electron chi connectivity index (χ1n) is 7.32. The molecule has 2 fully saturated rings. The number of carboxylic acid groups (broad SMARTS) is 1. The average molecular weight is 268 g/mol. The molecule has 2 aliphatic rings. The van der Waals surface area contributed by atoms with Crippen LogP contribution >= 0.6 is 0 Å². The number of likely N-dealkylation sites (tertiary alicyclic amines) is 1. The lowest BCUT2D eigenvalue weighted by molar-refractivity contribution is -0.139. The molecule has 0 spiro atoms. The third kappa shape index (κ3) is 3.69. The van der Waals surface area contributed by atoms with Gasteiger partial charge in [-0.15, -0.1) is 0 Å². The predicted molar refractivity (Wildman–Crippen MR) is 71.7 cm³/mol. The number of carboxylic acids is 1. The molecule has 108 valence electrons. The Bertz CT molecular complexity index is 338. The zero-order valence-electron chi connectivity index (χ0n) is 11.6. The van der Waals surface area contributed by atoms with Gasteiger partial charge in [0.15, 0.2) is 0 Å². The maximum absolute atomic E-state index is 12.4. The molecular weight excluding hydrogens is 244 g/mol. The fraction of sp³-hybridized carbons (Fsp3) is 0.857. The minimum absolute atomic E-state index is 0.0372. The predicted octanol–water partition coefficient (Wildman–Crippen LogP) is 1.09. The van der Waals surface area contributed by atoms with E-state index >= 15 is 0 Å². The van der Waals surface area contributed by atoms with Gasteiger partial charge in [-0.25, -0.2) is 0 Å². The summed E-state index contributed by atoms with van der Waals surface area (Å²) in [7, 11) is 0. The summed E-state index contributed by atoms with van der Waals surface area (Å²) >= 11 is 0. The van der Waals surface area contributed by atoms with Crippen LogP contribution in [0.2, 0.25) is 0 Å². The summed E-state index contributed by atoms with van der Waals surface area (Å²) in [4.78, 5) is 25.0. The number of nitrogens with one attached hydrogen (secondary N) is 1. The molecule has 2 heterocycles. The lowest BCUT2D eigenvalue weighted by Crippen LogP contribution is -2.53. The van der Waals surface area contributed by atoms with Gasteiger partial charge in [0, 0.05) is 19.5 Å². The van der Waals surface area contributed by atoms with Crippen molar-refractivity contribution in [3.63, 3.8) is 0 Å². The zero-order chi connectivity index (χ0) is 13.8. The van der Waals surface area contributed by atoms with Crippen molar-refractivity contribution in [2.24, 2.45) is 11.8 Å². The highest BCUT2D eigenvalue weighted by Gasteiger charge is 2.33. The second-order valence-corrected chi connectivity index (χ2v) is 5.92. The number of amides is 1. The Morgan fingerprint density at radius 1 is 1.26 bits per heavy atom. The van der Waals surface area contributed by atoms with Gasteiger partial charge in [0.2, 0.25) is 5.91 Å². The van der Waals surface area contributed by atoms with Gasteiger partial charge in [0.25, 0.3) is 0 Å². The smallest absolute Gasteiger partial charge is 0.303 e. The largest absolute Gasteiger partial charge is 0.481 e. The van der Waals surface area contributed by atoms with Crippen LogP contribution in [0, 0.1) is 11.8 Å². The fourth-order valence-electron chi connectivity index (χ4n) is 3.18. The average Bonchev–Trinajstić information content (AvgIpc) is 2.39. The molecular formula is C14H24N2O3. The van der Waals surface area contributed by atoms with Gasteiger partial charge in [-0.2, -0.15) is 0 Å². The Labute approximate surface area is 114 Å². The van der Waals surface area contributed by atoms with Crippen LogP contribution in [-0.4, -0.2) is 47.6 Å². The molecule has 2 N–H and O–H groups in total. The van der Waals surface area contributed by atoms with E-state index in [2.05, 4.69) is 12.2 Å². The number of aliphatic carboxylic acids is 1. The third-order valence-electron chi connectivity index (χ3n) is 4.43. The zero-order valence-corrected chi connectivity index (χ0v) is 11.6. The minimum Gasteiger partial charge on any atom is -0.481 e. The summed E-state index contributed by atoms with van der Waals surface area (Å²) in [6.45, 7) is 4.48. The van der Waals surface area contributed by atoms with Gasteiger partial charge >= 0.3 is 5.97 Å². The molecule has 2 rings (SSSR count). The maximum atomic E-state index is 12.4. The molecule has 5 heteroatoms. The molecule has 2 atom stereocenters. The molecule has 2 aliphatic heterocycles. The highest BCUT2D eigenvalue weighted by molar-refractivity contribution is 5.82. The SMILES string of the molecule is CC1CCCNC1C(=O)N1CCC(CC(=O)O)CC1. The molecule has 0 aliphatic carbocycles. The van der Waals surface area contributed by atoms with Crippen molar-refractivity contribution < 1.29 is 14.7 Å². The first-order chi connectivity index (χ1) is 9.08. The topological polar surface area (TPSA) is 69.6 Å². The van der Waals surface area contributed by atoms with Crippen LogP contribution < -0.4 is 5.32 Å². The van der Waals surface area contributed by atoms with E-state index in [0.29, 0.717) is 19.0 Å². The molecule has 0 aromatic heterocycles. The van der Waals surface area contributed by atoms with E-state index in [1.807, 2.05) is 4.90 Å². The van der Waals surface area contributed by atoms with Crippen molar-refractivity contribution in [3.05, 3.63) is 0 Å². The van der Waals surface area contributed by atoms with Gasteiger partial charge in [0.05, 0.1) is 6.04 Å². The standard InChI is InChI=1S/C14H24N2O3/c1-10-3-2-6-15-13(10)14(19)16-7-4-11(5-8-16)9-12(17)18/h10-11,13,15H,2-9H2,1H3,(H,17,18). The van der Waals surface area contributed by atoms with Crippen LogP contribution in [0.1, 0.15) is 39.0 Å². The summed E-state index contributed by atoms with van der Waals surface area (Å²) in [6.07, 6.45) is 4.13. The maximum Gasteiger partial charge on any atom is 0.303 e. The van der Waals surface area contributed by atoms with Crippen LogP contribution in [0.15, 0.2) is 0 Å². The number of nitrogens with zero attached hydrogens (tertiary/aromatic N) is 1. The normalized spacial score (nSPS) is 29.2. The van der Waals surface area contributed by atoms with Gasteiger partial charge in [-0.3, -0.25) is 9.59 Å². The van der Waals surface area contributed by atoms with Crippen molar-refractivity contribution in [3.8, 4) is 0 Å². The second kappa shape index (κ2) is 6.37. The van der Waals surface area contributed by atoms with Crippen molar-refractivity contribution in [2.45, 2.75) is 45.1 Å². The van der Waals surface area contributed by atoms with Crippen LogP contribution in [-0.2, 0) is 9.59 Å². The minimum atomic E-state index is -0.729. The monoisotopic (exact) mass is 268 g/mol. The molecule has 5 nitrogen and oxygen atoms in total. The number of piperidine rings is 2. The molecule has 0 aromatic rings. The molecule has 0 aromatic carbocycles. The number of hydrogen-bond donors (Lipinski definition) is 2. The molecule has 1 amide bonds. The number of rotatable bonds is 3. The van der Waals surface area contributed by atoms with Crippen molar-refractivity contribution in [1.82, 2.24) is 10.2 Å². The van der Waals surface area contributed by atoms with Crippen LogP contribution in [0.3, 0.4) is 0 Å². The molecule has 2 saturated heterocycles. The Morgan fingerprint density at radius 2 is 1.95 bits per heavy atom. The van der Waals surface area contributed by atoms with E-state index in [-0.39, 0.29) is 24.3 Å². The van der Waals surface area contributed by atoms with Crippen LogP contribution in [0.25, 0.3) is 0 Å². The van der Waals surface area contributed by atoms with E-state index in [1.54, 1.807) is 0 Å². The number of carbonyl (C=O) groups excluding carboxylic acids is 1. The highest BCUT2D eigenvalue weighted by Crippen LogP contribution is 2.23. The van der Waals surface area contributed by atoms with Crippen molar-refractivity contribution >= 4 is 11.9 Å². The Hall–Kier alpha value is -1.10. The van der Waals surface area contributed by atoms with E-state index in [9.17, 15) is 9.59 Å². The molecule has 0 bridgehead atoms. The molecule has 0 radical (unpaired) electrons. The lowest BCUT2D eigenvalue weighted by Gasteiger charge is -2.37. The van der Waals surface area contributed by atoms with Crippen LogP contribution in [0.4, 0.5) is 0 Å². The molecule has 2 unspecified atom stereocenters. The highest BCUT2D eigenvalue weighted by atomic mass is 16.4. The van der Waals surface area contributed by atoms with E-state index < -0.39 is 5.97 Å². The van der Waals surface area contributed by atoms with Gasteiger partial charge in [-0.05, 0) is 44.1 Å². The first-order valence-corrected chi connectivity index (χ1v) is 7.32.